The Morgan fingerprint density at radius 2 is 2.11 bits per heavy atom. The largest absolute Gasteiger partial charge is 0.478 e. The lowest BCUT2D eigenvalue weighted by atomic mass is 10.2. The molecule has 0 bridgehead atoms. The van der Waals surface area contributed by atoms with Crippen molar-refractivity contribution in [2.24, 2.45) is 0 Å². The maximum Gasteiger partial charge on any atom is 0.337 e. The molecule has 0 radical (unpaired) electrons. The van der Waals surface area contributed by atoms with Gasteiger partial charge in [0.1, 0.15) is 0 Å². The molecule has 18 heavy (non-hydrogen) atoms. The zero-order chi connectivity index (χ0) is 13.4. The number of carboxylic acid groups (broad SMARTS) is 1. The summed E-state index contributed by atoms with van der Waals surface area (Å²) in [6.07, 6.45) is 5.71. The van der Waals surface area contributed by atoms with Crippen LogP contribution in [0, 0.1) is 0 Å². The van der Waals surface area contributed by atoms with Gasteiger partial charge < -0.3 is 15.7 Å². The third-order valence-electron chi connectivity index (χ3n) is 2.31. The monoisotopic (exact) mass is 251 g/mol. The van der Waals surface area contributed by atoms with Crippen LogP contribution in [-0.2, 0) is 0 Å². The summed E-state index contributed by atoms with van der Waals surface area (Å²) < 4.78 is 0. The molecule has 0 atom stereocenters. The molecular weight excluding hydrogens is 234 g/mol. The van der Waals surface area contributed by atoms with Crippen LogP contribution in [0.3, 0.4) is 0 Å². The van der Waals surface area contributed by atoms with Gasteiger partial charge in [0.25, 0.3) is 0 Å². The number of unbranched alkanes of at least 4 members (excludes halogenated alkanes) is 2. The molecule has 0 saturated carbocycles. The topological polar surface area (TPSA) is 91.3 Å². The summed E-state index contributed by atoms with van der Waals surface area (Å²) >= 11 is 0. The second-order valence-electron chi connectivity index (χ2n) is 3.86. The number of carbonyl (C=O) groups excluding carboxylic acids is 1. The molecule has 0 aliphatic rings. The fraction of sp³-hybridized carbons (Fsp3) is 0.417. The highest BCUT2D eigenvalue weighted by Crippen LogP contribution is 2.07. The number of rotatable bonds is 6. The van der Waals surface area contributed by atoms with Gasteiger partial charge in [-0.3, -0.25) is 4.98 Å². The summed E-state index contributed by atoms with van der Waals surface area (Å²) in [7, 11) is 0. The molecule has 0 aromatic carbocycles. The minimum atomic E-state index is -1.07. The summed E-state index contributed by atoms with van der Waals surface area (Å²) in [5.74, 6) is -1.07. The van der Waals surface area contributed by atoms with E-state index in [0.717, 1.165) is 19.3 Å². The van der Waals surface area contributed by atoms with Crippen molar-refractivity contribution in [3.63, 3.8) is 0 Å². The van der Waals surface area contributed by atoms with E-state index < -0.39 is 5.97 Å². The number of nitrogens with zero attached hydrogens (tertiary/aromatic N) is 1. The van der Waals surface area contributed by atoms with E-state index in [-0.39, 0.29) is 11.6 Å². The van der Waals surface area contributed by atoms with Gasteiger partial charge in [-0.15, -0.1) is 0 Å². The fourth-order valence-corrected chi connectivity index (χ4v) is 1.38. The van der Waals surface area contributed by atoms with Crippen molar-refractivity contribution >= 4 is 17.7 Å². The molecule has 1 heterocycles. The van der Waals surface area contributed by atoms with Crippen molar-refractivity contribution in [3.05, 3.63) is 24.0 Å². The van der Waals surface area contributed by atoms with Gasteiger partial charge in [-0.1, -0.05) is 19.8 Å². The first-order valence-corrected chi connectivity index (χ1v) is 5.86. The number of nitrogens with one attached hydrogen (secondary N) is 2. The molecule has 0 spiro atoms. The highest BCUT2D eigenvalue weighted by molar-refractivity contribution is 5.92. The molecule has 0 aliphatic heterocycles. The summed E-state index contributed by atoms with van der Waals surface area (Å²) in [6.45, 7) is 2.69. The lowest BCUT2D eigenvalue weighted by Crippen LogP contribution is -2.29. The molecule has 6 heteroatoms. The quantitative estimate of drug-likeness (QED) is 0.675. The average Bonchev–Trinajstić information content (AvgIpc) is 2.35. The van der Waals surface area contributed by atoms with Gasteiger partial charge in [0.15, 0.2) is 0 Å². The molecule has 0 unspecified atom stereocenters. The molecular formula is C12H17N3O3. The third kappa shape index (κ3) is 4.82. The first kappa shape index (κ1) is 14.0. The Labute approximate surface area is 105 Å². The van der Waals surface area contributed by atoms with Crippen LogP contribution in [0.1, 0.15) is 36.5 Å². The second-order valence-corrected chi connectivity index (χ2v) is 3.86. The Hall–Kier alpha value is -2.11. The Morgan fingerprint density at radius 3 is 2.78 bits per heavy atom. The van der Waals surface area contributed by atoms with E-state index in [4.69, 9.17) is 5.11 Å². The van der Waals surface area contributed by atoms with Gasteiger partial charge in [0, 0.05) is 12.7 Å². The Balaban J connectivity index is 2.44. The van der Waals surface area contributed by atoms with Crippen molar-refractivity contribution in [2.45, 2.75) is 26.2 Å². The molecule has 98 valence electrons. The van der Waals surface area contributed by atoms with Crippen molar-refractivity contribution in [1.82, 2.24) is 10.3 Å². The van der Waals surface area contributed by atoms with Crippen molar-refractivity contribution < 1.29 is 14.7 Å². The number of aromatic nitrogens is 1. The maximum absolute atomic E-state index is 11.5. The van der Waals surface area contributed by atoms with Crippen LogP contribution in [0.5, 0.6) is 0 Å². The molecule has 1 aromatic rings. The lowest BCUT2D eigenvalue weighted by Gasteiger charge is -2.07. The van der Waals surface area contributed by atoms with Gasteiger partial charge >= 0.3 is 12.0 Å². The molecule has 3 N–H and O–H groups in total. The Morgan fingerprint density at radius 1 is 1.33 bits per heavy atom. The van der Waals surface area contributed by atoms with Crippen molar-refractivity contribution in [3.8, 4) is 0 Å². The van der Waals surface area contributed by atoms with E-state index >= 15 is 0 Å². The number of amides is 2. The van der Waals surface area contributed by atoms with Crippen LogP contribution in [0.15, 0.2) is 18.5 Å². The predicted molar refractivity (Wildman–Crippen MR) is 67.7 cm³/mol. The third-order valence-corrected chi connectivity index (χ3v) is 2.31. The van der Waals surface area contributed by atoms with Crippen LogP contribution in [0.25, 0.3) is 0 Å². The number of hydrogen-bond acceptors (Lipinski definition) is 3. The highest BCUT2D eigenvalue weighted by atomic mass is 16.4. The first-order valence-electron chi connectivity index (χ1n) is 5.86. The van der Waals surface area contributed by atoms with Crippen molar-refractivity contribution in [1.29, 1.82) is 0 Å². The molecule has 6 nitrogen and oxygen atoms in total. The maximum atomic E-state index is 11.5. The van der Waals surface area contributed by atoms with Gasteiger partial charge in [0.05, 0.1) is 17.4 Å². The van der Waals surface area contributed by atoms with Gasteiger partial charge in [-0.05, 0) is 12.5 Å². The van der Waals surface area contributed by atoms with Crippen LogP contribution in [-0.4, -0.2) is 28.6 Å². The minimum Gasteiger partial charge on any atom is -0.478 e. The number of anilines is 1. The van der Waals surface area contributed by atoms with Crippen molar-refractivity contribution in [2.75, 3.05) is 11.9 Å². The predicted octanol–water partition coefficient (Wildman–Crippen LogP) is 2.09. The number of pyridine rings is 1. The van der Waals surface area contributed by atoms with E-state index in [1.54, 1.807) is 0 Å². The van der Waals surface area contributed by atoms with Crippen LogP contribution in [0.2, 0.25) is 0 Å². The minimum absolute atomic E-state index is 0.0405. The standard InChI is InChI=1S/C12H17N3O3/c1-2-3-4-5-14-12(18)15-10-6-9(11(16)17)7-13-8-10/h6-8H,2-5H2,1H3,(H,16,17)(H2,14,15,18). The first-order chi connectivity index (χ1) is 8.63. The number of hydrogen-bond donors (Lipinski definition) is 3. The SMILES string of the molecule is CCCCCNC(=O)Nc1cncc(C(=O)O)c1. The molecule has 0 aliphatic carbocycles. The average molecular weight is 251 g/mol. The summed E-state index contributed by atoms with van der Waals surface area (Å²) in [6, 6.07) is 1.01. The molecule has 2 amide bonds. The Kier molecular flexibility index (Phi) is 5.63. The normalized spacial score (nSPS) is 9.83. The van der Waals surface area contributed by atoms with E-state index in [1.165, 1.54) is 18.5 Å². The summed E-state index contributed by atoms with van der Waals surface area (Å²) in [4.78, 5) is 25.9. The van der Waals surface area contributed by atoms with Gasteiger partial charge in [-0.25, -0.2) is 9.59 Å². The highest BCUT2D eigenvalue weighted by Gasteiger charge is 2.06. The molecule has 0 saturated heterocycles. The van der Waals surface area contributed by atoms with E-state index in [0.29, 0.717) is 12.2 Å². The van der Waals surface area contributed by atoms with E-state index in [2.05, 4.69) is 22.5 Å². The van der Waals surface area contributed by atoms with Gasteiger partial charge in [-0.2, -0.15) is 0 Å². The lowest BCUT2D eigenvalue weighted by molar-refractivity contribution is 0.0696. The molecule has 1 rings (SSSR count). The number of carboxylic acids is 1. The summed E-state index contributed by atoms with van der Waals surface area (Å²) in [5.41, 5.74) is 0.404. The van der Waals surface area contributed by atoms with E-state index in [9.17, 15) is 9.59 Å². The number of carbonyl (C=O) groups is 2. The Bertz CT molecular complexity index is 421. The fourth-order valence-electron chi connectivity index (χ4n) is 1.38. The summed E-state index contributed by atoms with van der Waals surface area (Å²) in [5, 5.41) is 14.0. The molecule has 1 aromatic heterocycles. The van der Waals surface area contributed by atoms with Crippen LogP contribution in [0.4, 0.5) is 10.5 Å². The van der Waals surface area contributed by atoms with Crippen LogP contribution >= 0.6 is 0 Å². The zero-order valence-corrected chi connectivity index (χ0v) is 10.3. The smallest absolute Gasteiger partial charge is 0.337 e. The zero-order valence-electron chi connectivity index (χ0n) is 10.3. The molecule has 0 fully saturated rings. The van der Waals surface area contributed by atoms with Crippen LogP contribution < -0.4 is 10.6 Å². The number of aromatic carboxylic acids is 1. The van der Waals surface area contributed by atoms with Gasteiger partial charge in [0.2, 0.25) is 0 Å². The van der Waals surface area contributed by atoms with E-state index in [1.807, 2.05) is 0 Å². The number of urea groups is 1. The second kappa shape index (κ2) is 7.26.